The first kappa shape index (κ1) is 19.9. The number of anilines is 2. The maximum atomic E-state index is 13.3. The molecule has 8 heteroatoms. The van der Waals surface area contributed by atoms with Crippen LogP contribution >= 0.6 is 0 Å². The normalized spacial score (nSPS) is 26.6. The first-order chi connectivity index (χ1) is 14.0. The molecule has 2 N–H and O–H groups in total. The predicted molar refractivity (Wildman–Crippen MR) is 109 cm³/mol. The number of aliphatic hydroxyl groups excluding tert-OH is 1. The number of aromatic nitrogens is 1. The van der Waals surface area contributed by atoms with E-state index in [1.807, 2.05) is 12.1 Å². The average Bonchev–Trinajstić information content (AvgIpc) is 3.06. The minimum atomic E-state index is -0.517. The summed E-state index contributed by atoms with van der Waals surface area (Å²) in [7, 11) is 1.32. The van der Waals surface area contributed by atoms with Crippen LogP contribution in [0.5, 0.6) is 0 Å². The second kappa shape index (κ2) is 8.18. The predicted octanol–water partition coefficient (Wildman–Crippen LogP) is 2.38. The van der Waals surface area contributed by atoms with Crippen LogP contribution in [0.2, 0.25) is 0 Å². The fourth-order valence-electron chi connectivity index (χ4n) is 5.01. The molecule has 0 aromatic carbocycles. The molecule has 1 aliphatic carbocycles. The van der Waals surface area contributed by atoms with Gasteiger partial charge in [-0.3, -0.25) is 10.1 Å². The monoisotopic (exact) mass is 402 g/mol. The zero-order valence-electron chi connectivity index (χ0n) is 17.0. The van der Waals surface area contributed by atoms with Crippen molar-refractivity contribution in [2.24, 2.45) is 5.41 Å². The number of hydrogen-bond donors (Lipinski definition) is 2. The van der Waals surface area contributed by atoms with E-state index in [2.05, 4.69) is 24.8 Å². The Bertz CT molecular complexity index is 738. The van der Waals surface area contributed by atoms with Gasteiger partial charge in [0.2, 0.25) is 5.91 Å². The average molecular weight is 402 g/mol. The molecule has 1 saturated carbocycles. The minimum Gasteiger partial charge on any atom is -0.453 e. The number of hydrogen-bond acceptors (Lipinski definition) is 6. The van der Waals surface area contributed by atoms with Crippen LogP contribution in [0, 0.1) is 5.41 Å². The Balaban J connectivity index is 1.34. The second-order valence-corrected chi connectivity index (χ2v) is 8.50. The molecule has 29 heavy (non-hydrogen) atoms. The van der Waals surface area contributed by atoms with Gasteiger partial charge in [0.25, 0.3) is 0 Å². The molecule has 3 fully saturated rings. The smallest absolute Gasteiger partial charge is 0.411 e. The molecular weight excluding hydrogens is 372 g/mol. The third kappa shape index (κ3) is 4.03. The van der Waals surface area contributed by atoms with Gasteiger partial charge in [-0.1, -0.05) is 0 Å². The van der Waals surface area contributed by atoms with Crippen molar-refractivity contribution in [2.75, 3.05) is 37.0 Å². The van der Waals surface area contributed by atoms with Crippen molar-refractivity contribution in [1.29, 1.82) is 0 Å². The molecule has 1 spiro atoms. The van der Waals surface area contributed by atoms with Gasteiger partial charge >= 0.3 is 6.09 Å². The Morgan fingerprint density at radius 3 is 2.48 bits per heavy atom. The van der Waals surface area contributed by atoms with Crippen LogP contribution in [0.4, 0.5) is 16.3 Å². The molecule has 0 atom stereocenters. The lowest BCUT2D eigenvalue weighted by Crippen LogP contribution is -2.47. The van der Waals surface area contributed by atoms with Crippen molar-refractivity contribution in [3.05, 3.63) is 18.3 Å². The molecule has 3 aliphatic rings. The van der Waals surface area contributed by atoms with Gasteiger partial charge in [0.1, 0.15) is 5.82 Å². The number of carbonyl (C=O) groups is 2. The molecule has 0 unspecified atom stereocenters. The summed E-state index contributed by atoms with van der Waals surface area (Å²) in [5, 5.41) is 12.3. The maximum absolute atomic E-state index is 13.3. The van der Waals surface area contributed by atoms with E-state index in [9.17, 15) is 14.7 Å². The molecule has 2 amide bonds. The van der Waals surface area contributed by atoms with Crippen molar-refractivity contribution < 1.29 is 19.4 Å². The summed E-state index contributed by atoms with van der Waals surface area (Å²) < 4.78 is 4.59. The number of carbonyl (C=O) groups excluding carboxylic acids is 2. The van der Waals surface area contributed by atoms with E-state index in [4.69, 9.17) is 0 Å². The number of piperidine rings is 1. The van der Waals surface area contributed by atoms with Gasteiger partial charge in [-0.25, -0.2) is 9.78 Å². The quantitative estimate of drug-likeness (QED) is 0.806. The maximum Gasteiger partial charge on any atom is 0.411 e. The van der Waals surface area contributed by atoms with Crippen molar-refractivity contribution >= 4 is 23.5 Å². The molecule has 8 nitrogen and oxygen atoms in total. The summed E-state index contributed by atoms with van der Waals surface area (Å²) in [5.41, 5.74) is 0.368. The lowest BCUT2D eigenvalue weighted by molar-refractivity contribution is -0.139. The van der Waals surface area contributed by atoms with Crippen molar-refractivity contribution in [2.45, 2.75) is 57.1 Å². The van der Waals surface area contributed by atoms with Crippen LogP contribution in [0.3, 0.4) is 0 Å². The van der Waals surface area contributed by atoms with Gasteiger partial charge in [0, 0.05) is 25.7 Å². The van der Waals surface area contributed by atoms with Crippen LogP contribution in [-0.4, -0.2) is 65.9 Å². The molecule has 158 valence electrons. The number of nitrogens with one attached hydrogen (secondary N) is 1. The molecule has 1 aromatic heterocycles. The van der Waals surface area contributed by atoms with Gasteiger partial charge in [0.05, 0.1) is 30.5 Å². The van der Waals surface area contributed by atoms with Gasteiger partial charge in [-0.15, -0.1) is 0 Å². The number of ether oxygens (including phenoxy) is 1. The highest BCUT2D eigenvalue weighted by atomic mass is 16.5. The molecular formula is C21H30N4O4. The summed E-state index contributed by atoms with van der Waals surface area (Å²) >= 11 is 0. The highest BCUT2D eigenvalue weighted by Gasteiger charge is 2.50. The molecule has 3 heterocycles. The standard InChI is InChI=1S/C21H30N4O4/c1-29-20(28)23-15-2-7-18(22-14-15)24-11-8-21(9-12-24)10-13-25(19(21)27)16-3-5-17(26)6-4-16/h2,7,14,16-17,26H,3-6,8-13H2,1H3,(H,23,28)/t16-,17+. The molecule has 4 rings (SSSR count). The van der Waals surface area contributed by atoms with Crippen LogP contribution in [0.25, 0.3) is 0 Å². The molecule has 2 saturated heterocycles. The fraction of sp³-hybridized carbons (Fsp3) is 0.667. The summed E-state index contributed by atoms with van der Waals surface area (Å²) in [5.74, 6) is 1.18. The third-order valence-electron chi connectivity index (χ3n) is 6.88. The Kier molecular flexibility index (Phi) is 5.63. The zero-order valence-corrected chi connectivity index (χ0v) is 17.0. The Morgan fingerprint density at radius 1 is 1.17 bits per heavy atom. The topological polar surface area (TPSA) is 95.0 Å². The lowest BCUT2D eigenvalue weighted by Gasteiger charge is -2.40. The highest BCUT2D eigenvalue weighted by molar-refractivity contribution is 5.86. The van der Waals surface area contributed by atoms with E-state index in [0.717, 1.165) is 70.4 Å². The largest absolute Gasteiger partial charge is 0.453 e. The minimum absolute atomic E-state index is 0.192. The van der Waals surface area contributed by atoms with E-state index in [1.54, 1.807) is 6.20 Å². The highest BCUT2D eigenvalue weighted by Crippen LogP contribution is 2.44. The molecule has 0 radical (unpaired) electrons. The number of pyridine rings is 1. The van der Waals surface area contributed by atoms with Crippen LogP contribution in [0.1, 0.15) is 44.9 Å². The Labute approximate surface area is 171 Å². The Hall–Kier alpha value is -2.35. The van der Waals surface area contributed by atoms with E-state index < -0.39 is 6.09 Å². The zero-order chi connectivity index (χ0) is 20.4. The van der Waals surface area contributed by atoms with Gasteiger partial charge in [-0.2, -0.15) is 0 Å². The van der Waals surface area contributed by atoms with Crippen molar-refractivity contribution in [1.82, 2.24) is 9.88 Å². The SMILES string of the molecule is COC(=O)Nc1ccc(N2CCC3(CC2)CCN([C@H]2CC[C@@H](O)CC2)C3=O)nc1. The van der Waals surface area contributed by atoms with Crippen molar-refractivity contribution in [3.63, 3.8) is 0 Å². The number of amides is 2. The Morgan fingerprint density at radius 2 is 1.86 bits per heavy atom. The molecule has 1 aromatic rings. The van der Waals surface area contributed by atoms with E-state index in [1.165, 1.54) is 7.11 Å². The van der Waals surface area contributed by atoms with Crippen LogP contribution in [0.15, 0.2) is 18.3 Å². The number of rotatable bonds is 3. The van der Waals surface area contributed by atoms with Gasteiger partial charge in [0.15, 0.2) is 0 Å². The third-order valence-corrected chi connectivity index (χ3v) is 6.88. The summed E-state index contributed by atoms with van der Waals surface area (Å²) in [4.78, 5) is 33.3. The number of likely N-dealkylation sites (tertiary alicyclic amines) is 1. The molecule has 0 bridgehead atoms. The van der Waals surface area contributed by atoms with Crippen LogP contribution in [-0.2, 0) is 9.53 Å². The first-order valence-corrected chi connectivity index (χ1v) is 10.6. The molecule has 2 aliphatic heterocycles. The number of methoxy groups -OCH3 is 1. The van der Waals surface area contributed by atoms with E-state index in [0.29, 0.717) is 17.6 Å². The second-order valence-electron chi connectivity index (χ2n) is 8.50. The summed E-state index contributed by atoms with van der Waals surface area (Å²) in [6, 6.07) is 4.00. The number of nitrogens with zero attached hydrogens (tertiary/aromatic N) is 3. The summed E-state index contributed by atoms with van der Waals surface area (Å²) in [6.45, 7) is 2.46. The lowest BCUT2D eigenvalue weighted by atomic mass is 9.77. The van der Waals surface area contributed by atoms with E-state index in [-0.39, 0.29) is 11.5 Å². The van der Waals surface area contributed by atoms with Crippen molar-refractivity contribution in [3.8, 4) is 0 Å². The van der Waals surface area contributed by atoms with Gasteiger partial charge in [-0.05, 0) is 57.1 Å². The first-order valence-electron chi connectivity index (χ1n) is 10.6. The van der Waals surface area contributed by atoms with E-state index >= 15 is 0 Å². The summed E-state index contributed by atoms with van der Waals surface area (Å²) in [6.07, 6.45) is 7.01. The number of aliphatic hydroxyl groups is 1. The van der Waals surface area contributed by atoms with Gasteiger partial charge < -0.3 is 19.6 Å². The fourth-order valence-corrected chi connectivity index (χ4v) is 5.01. The van der Waals surface area contributed by atoms with Crippen LogP contribution < -0.4 is 10.2 Å².